The summed E-state index contributed by atoms with van der Waals surface area (Å²) in [7, 11) is 0. The van der Waals surface area contributed by atoms with Gasteiger partial charge in [0.2, 0.25) is 5.91 Å². The van der Waals surface area contributed by atoms with Crippen molar-refractivity contribution < 1.29 is 4.79 Å². The van der Waals surface area contributed by atoms with E-state index in [1.165, 1.54) is 0 Å². The van der Waals surface area contributed by atoms with Crippen molar-refractivity contribution in [1.82, 2.24) is 5.32 Å². The quantitative estimate of drug-likeness (QED) is 0.534. The molecule has 2 heteroatoms. The zero-order chi connectivity index (χ0) is 7.78. The predicted octanol–water partition coefficient (Wildman–Crippen LogP) is 1.09. The Morgan fingerprint density at radius 1 is 1.60 bits per heavy atom. The van der Waals surface area contributed by atoms with E-state index in [4.69, 9.17) is 0 Å². The van der Waals surface area contributed by atoms with Gasteiger partial charge in [-0.15, -0.1) is 0 Å². The Balaban J connectivity index is 2.88. The highest BCUT2D eigenvalue weighted by Crippen LogP contribution is 2.26. The summed E-state index contributed by atoms with van der Waals surface area (Å²) in [5.41, 5.74) is 1.31. The van der Waals surface area contributed by atoms with Crippen molar-refractivity contribution >= 4 is 5.91 Å². The van der Waals surface area contributed by atoms with Crippen molar-refractivity contribution in [2.24, 2.45) is 5.41 Å². The second kappa shape index (κ2) is 2.11. The molecule has 1 aliphatic rings. The van der Waals surface area contributed by atoms with Crippen LogP contribution in [0.4, 0.5) is 0 Å². The molecule has 1 heterocycles. The SMILES string of the molecule is CC1=CC(=O)NCC1(C)C. The minimum Gasteiger partial charge on any atom is -0.352 e. The predicted molar refractivity (Wildman–Crippen MR) is 40.5 cm³/mol. The first-order valence-corrected chi connectivity index (χ1v) is 3.49. The van der Waals surface area contributed by atoms with Crippen LogP contribution in [0.25, 0.3) is 0 Å². The molecule has 1 rings (SSSR count). The lowest BCUT2D eigenvalue weighted by atomic mass is 9.83. The monoisotopic (exact) mass is 139 g/mol. The Labute approximate surface area is 61.3 Å². The lowest BCUT2D eigenvalue weighted by Gasteiger charge is -2.29. The average molecular weight is 139 g/mol. The van der Waals surface area contributed by atoms with E-state index in [9.17, 15) is 4.79 Å². The highest BCUT2D eigenvalue weighted by molar-refractivity contribution is 5.89. The molecule has 0 aromatic rings. The Morgan fingerprint density at radius 3 is 2.60 bits per heavy atom. The van der Waals surface area contributed by atoms with Gasteiger partial charge in [0, 0.05) is 18.0 Å². The summed E-state index contributed by atoms with van der Waals surface area (Å²) in [5, 5.41) is 2.79. The smallest absolute Gasteiger partial charge is 0.243 e. The lowest BCUT2D eigenvalue weighted by molar-refractivity contribution is -0.117. The Hall–Kier alpha value is -0.790. The molecule has 0 fully saturated rings. The van der Waals surface area contributed by atoms with Crippen LogP contribution in [-0.4, -0.2) is 12.5 Å². The van der Waals surface area contributed by atoms with Crippen molar-refractivity contribution in [3.63, 3.8) is 0 Å². The molecule has 0 aromatic heterocycles. The molecule has 2 nitrogen and oxygen atoms in total. The fourth-order valence-electron chi connectivity index (χ4n) is 0.891. The number of amides is 1. The minimum absolute atomic E-state index is 0.0387. The summed E-state index contributed by atoms with van der Waals surface area (Å²) < 4.78 is 0. The van der Waals surface area contributed by atoms with E-state index in [0.717, 1.165) is 12.1 Å². The molecule has 0 aromatic carbocycles. The van der Waals surface area contributed by atoms with Crippen molar-refractivity contribution in [2.45, 2.75) is 20.8 Å². The minimum atomic E-state index is 0.0387. The third kappa shape index (κ3) is 1.20. The highest BCUT2D eigenvalue weighted by atomic mass is 16.1. The molecule has 1 aliphatic heterocycles. The van der Waals surface area contributed by atoms with Crippen LogP contribution in [0.15, 0.2) is 11.6 Å². The van der Waals surface area contributed by atoms with Gasteiger partial charge in [0.25, 0.3) is 0 Å². The molecule has 10 heavy (non-hydrogen) atoms. The summed E-state index contributed by atoms with van der Waals surface area (Å²) in [6.07, 6.45) is 1.67. The first-order valence-electron chi connectivity index (χ1n) is 3.49. The number of hydrogen-bond acceptors (Lipinski definition) is 1. The van der Waals surface area contributed by atoms with Gasteiger partial charge in [0.05, 0.1) is 0 Å². The van der Waals surface area contributed by atoms with Gasteiger partial charge in [-0.25, -0.2) is 0 Å². The van der Waals surface area contributed by atoms with Crippen LogP contribution in [0.3, 0.4) is 0 Å². The molecule has 0 saturated heterocycles. The summed E-state index contributed by atoms with van der Waals surface area (Å²) in [6, 6.07) is 0. The van der Waals surface area contributed by atoms with Gasteiger partial charge < -0.3 is 5.32 Å². The van der Waals surface area contributed by atoms with Gasteiger partial charge >= 0.3 is 0 Å². The number of hydrogen-bond donors (Lipinski definition) is 1. The standard InChI is InChI=1S/C8H13NO/c1-6-4-7(10)9-5-8(6,2)3/h4H,5H2,1-3H3,(H,9,10). The molecule has 0 saturated carbocycles. The third-order valence-electron chi connectivity index (χ3n) is 2.12. The maximum atomic E-state index is 10.8. The van der Waals surface area contributed by atoms with E-state index in [-0.39, 0.29) is 11.3 Å². The molecule has 0 spiro atoms. The van der Waals surface area contributed by atoms with Crippen LogP contribution >= 0.6 is 0 Å². The van der Waals surface area contributed by atoms with Crippen LogP contribution in [0.1, 0.15) is 20.8 Å². The topological polar surface area (TPSA) is 29.1 Å². The van der Waals surface area contributed by atoms with Gasteiger partial charge in [-0.3, -0.25) is 4.79 Å². The fourth-order valence-corrected chi connectivity index (χ4v) is 0.891. The van der Waals surface area contributed by atoms with E-state index in [1.54, 1.807) is 6.08 Å². The number of carbonyl (C=O) groups excluding carboxylic acids is 1. The van der Waals surface area contributed by atoms with Crippen molar-refractivity contribution in [2.75, 3.05) is 6.54 Å². The maximum Gasteiger partial charge on any atom is 0.243 e. The zero-order valence-corrected chi connectivity index (χ0v) is 6.69. The summed E-state index contributed by atoms with van der Waals surface area (Å²) in [5.74, 6) is 0.0387. The Kier molecular flexibility index (Phi) is 1.55. The van der Waals surface area contributed by atoms with Gasteiger partial charge in [0.1, 0.15) is 0 Å². The molecular weight excluding hydrogens is 126 g/mol. The maximum absolute atomic E-state index is 10.8. The number of rotatable bonds is 0. The molecular formula is C8H13NO. The van der Waals surface area contributed by atoms with Crippen LogP contribution in [0, 0.1) is 5.41 Å². The molecule has 0 atom stereocenters. The van der Waals surface area contributed by atoms with Crippen LogP contribution in [-0.2, 0) is 4.79 Å². The van der Waals surface area contributed by atoms with Crippen molar-refractivity contribution in [3.8, 4) is 0 Å². The molecule has 0 aliphatic carbocycles. The summed E-state index contributed by atoms with van der Waals surface area (Å²) >= 11 is 0. The van der Waals surface area contributed by atoms with Crippen molar-refractivity contribution in [1.29, 1.82) is 0 Å². The normalized spacial score (nSPS) is 23.5. The van der Waals surface area contributed by atoms with Gasteiger partial charge in [-0.2, -0.15) is 0 Å². The van der Waals surface area contributed by atoms with Crippen LogP contribution in [0.2, 0.25) is 0 Å². The molecule has 0 bridgehead atoms. The fraction of sp³-hybridized carbons (Fsp3) is 0.625. The zero-order valence-electron chi connectivity index (χ0n) is 6.69. The molecule has 0 unspecified atom stereocenters. The first-order chi connectivity index (χ1) is 4.52. The van der Waals surface area contributed by atoms with E-state index in [0.29, 0.717) is 0 Å². The second-order valence-corrected chi connectivity index (χ2v) is 3.43. The first kappa shape index (κ1) is 7.32. The number of nitrogens with one attached hydrogen (secondary N) is 1. The highest BCUT2D eigenvalue weighted by Gasteiger charge is 2.24. The van der Waals surface area contributed by atoms with Crippen molar-refractivity contribution in [3.05, 3.63) is 11.6 Å². The largest absolute Gasteiger partial charge is 0.352 e. The van der Waals surface area contributed by atoms with Crippen LogP contribution in [0.5, 0.6) is 0 Å². The molecule has 0 radical (unpaired) electrons. The average Bonchev–Trinajstić information content (AvgIpc) is 1.81. The van der Waals surface area contributed by atoms with Gasteiger partial charge in [-0.05, 0) is 6.92 Å². The summed E-state index contributed by atoms with van der Waals surface area (Å²) in [4.78, 5) is 10.8. The lowest BCUT2D eigenvalue weighted by Crippen LogP contribution is -2.38. The van der Waals surface area contributed by atoms with E-state index in [2.05, 4.69) is 19.2 Å². The van der Waals surface area contributed by atoms with E-state index < -0.39 is 0 Å². The molecule has 1 N–H and O–H groups in total. The Bertz CT molecular complexity index is 191. The van der Waals surface area contributed by atoms with Gasteiger partial charge in [0.15, 0.2) is 0 Å². The van der Waals surface area contributed by atoms with Gasteiger partial charge in [-0.1, -0.05) is 19.4 Å². The third-order valence-corrected chi connectivity index (χ3v) is 2.12. The summed E-state index contributed by atoms with van der Waals surface area (Å²) in [6.45, 7) is 7.00. The molecule has 56 valence electrons. The number of carbonyl (C=O) groups is 1. The Morgan fingerprint density at radius 2 is 2.20 bits per heavy atom. The van der Waals surface area contributed by atoms with E-state index >= 15 is 0 Å². The molecule has 1 amide bonds. The van der Waals surface area contributed by atoms with E-state index in [1.807, 2.05) is 6.92 Å². The van der Waals surface area contributed by atoms with Crippen LogP contribution < -0.4 is 5.32 Å². The second-order valence-electron chi connectivity index (χ2n) is 3.43.